The van der Waals surface area contributed by atoms with Crippen molar-refractivity contribution in [1.29, 1.82) is 0 Å². The molecule has 3 N–H and O–H groups in total. The number of hydrogen-bond donors (Lipinski definition) is 2. The van der Waals surface area contributed by atoms with Crippen molar-refractivity contribution in [2.24, 2.45) is 5.73 Å². The van der Waals surface area contributed by atoms with E-state index < -0.39 is 29.7 Å². The van der Waals surface area contributed by atoms with E-state index in [0.29, 0.717) is 0 Å². The summed E-state index contributed by atoms with van der Waals surface area (Å²) in [5.41, 5.74) is 6.71. The van der Waals surface area contributed by atoms with E-state index in [1.807, 2.05) is 54.6 Å². The second kappa shape index (κ2) is 10.1. The molecule has 0 bridgehead atoms. The fourth-order valence-electron chi connectivity index (χ4n) is 3.56. The number of nitrogens with zero attached hydrogens (tertiary/aromatic N) is 2. The Hall–Kier alpha value is -3.76. The first-order valence-corrected chi connectivity index (χ1v) is 11.7. The Morgan fingerprint density at radius 2 is 1.61 bits per heavy atom. The molecule has 186 valence electrons. The lowest BCUT2D eigenvalue weighted by atomic mass is 10.0. The molecule has 1 aromatic heterocycles. The highest BCUT2D eigenvalue weighted by Crippen LogP contribution is 2.40. The average Bonchev–Trinajstić information content (AvgIpc) is 3.34. The molecule has 36 heavy (non-hydrogen) atoms. The minimum Gasteiger partial charge on any atom is -0.488 e. The largest absolute Gasteiger partial charge is 0.488 e. The van der Waals surface area contributed by atoms with E-state index in [-0.39, 0.29) is 27.9 Å². The molecule has 1 heterocycles. The number of carbonyl (C=O) groups is 1. The van der Waals surface area contributed by atoms with E-state index in [1.54, 1.807) is 0 Å². The molecule has 0 radical (unpaired) electrons. The number of nitrogens with two attached hydrogens (primary N) is 1. The zero-order valence-corrected chi connectivity index (χ0v) is 19.9. The molecule has 0 aliphatic carbocycles. The van der Waals surface area contributed by atoms with Gasteiger partial charge in [0.25, 0.3) is 0 Å². The number of rotatable bonds is 8. The maximum Gasteiger partial charge on any atom is 0.419 e. The van der Waals surface area contributed by atoms with Crippen LogP contribution in [0.15, 0.2) is 72.8 Å². The van der Waals surface area contributed by atoms with Crippen molar-refractivity contribution in [3.63, 3.8) is 0 Å². The Morgan fingerprint density at radius 1 is 0.972 bits per heavy atom. The number of aliphatic carboxylic acids is 1. The van der Waals surface area contributed by atoms with Gasteiger partial charge in [-0.25, -0.2) is 0 Å². The van der Waals surface area contributed by atoms with Crippen molar-refractivity contribution >= 4 is 17.3 Å². The monoisotopic (exact) mass is 513 g/mol. The van der Waals surface area contributed by atoms with Crippen LogP contribution in [0.25, 0.3) is 21.7 Å². The van der Waals surface area contributed by atoms with Crippen LogP contribution in [-0.4, -0.2) is 21.3 Å². The third kappa shape index (κ3) is 5.89. The summed E-state index contributed by atoms with van der Waals surface area (Å²) in [4.78, 5) is 11.0. The van der Waals surface area contributed by atoms with E-state index in [0.717, 1.165) is 34.1 Å². The molecule has 3 aromatic carbocycles. The highest BCUT2D eigenvalue weighted by atomic mass is 32.1. The molecule has 0 saturated heterocycles. The lowest BCUT2D eigenvalue weighted by Gasteiger charge is -2.18. The van der Waals surface area contributed by atoms with Crippen molar-refractivity contribution in [3.05, 3.63) is 88.9 Å². The van der Waals surface area contributed by atoms with E-state index in [1.165, 1.54) is 19.1 Å². The van der Waals surface area contributed by atoms with E-state index >= 15 is 0 Å². The number of benzene rings is 3. The molecule has 6 nitrogen and oxygen atoms in total. The first-order valence-electron chi connectivity index (χ1n) is 10.9. The predicted molar refractivity (Wildman–Crippen MR) is 130 cm³/mol. The first kappa shape index (κ1) is 25.3. The molecule has 0 aliphatic rings. The van der Waals surface area contributed by atoms with Gasteiger partial charge in [0.15, 0.2) is 0 Å². The van der Waals surface area contributed by atoms with Crippen LogP contribution < -0.4 is 10.5 Å². The molecule has 1 atom stereocenters. The number of aromatic nitrogens is 2. The lowest BCUT2D eigenvalue weighted by Crippen LogP contribution is -2.35. The molecular weight excluding hydrogens is 491 g/mol. The van der Waals surface area contributed by atoms with Crippen molar-refractivity contribution in [3.8, 4) is 27.4 Å². The van der Waals surface area contributed by atoms with Gasteiger partial charge in [0, 0.05) is 5.56 Å². The van der Waals surface area contributed by atoms with Crippen LogP contribution in [-0.2, 0) is 23.1 Å². The van der Waals surface area contributed by atoms with Gasteiger partial charge in [-0.05, 0) is 41.8 Å². The SMILES string of the molecule is C[C@](N)(CC(=O)O)c1nnc(-c2ccc(OCc3ccc(-c4ccccc4)cc3)c(C(F)(F)F)c2)s1. The van der Waals surface area contributed by atoms with Gasteiger partial charge in [-0.1, -0.05) is 65.9 Å². The Balaban J connectivity index is 1.54. The van der Waals surface area contributed by atoms with Gasteiger partial charge in [0.05, 0.1) is 17.5 Å². The summed E-state index contributed by atoms with van der Waals surface area (Å²) in [6, 6.07) is 20.8. The second-order valence-corrected chi connectivity index (χ2v) is 9.44. The van der Waals surface area contributed by atoms with E-state index in [2.05, 4.69) is 10.2 Å². The van der Waals surface area contributed by atoms with Gasteiger partial charge in [0.1, 0.15) is 22.4 Å². The van der Waals surface area contributed by atoms with Crippen molar-refractivity contribution in [1.82, 2.24) is 10.2 Å². The smallest absolute Gasteiger partial charge is 0.419 e. The van der Waals surface area contributed by atoms with E-state index in [4.69, 9.17) is 15.6 Å². The summed E-state index contributed by atoms with van der Waals surface area (Å²) in [6.07, 6.45) is -5.06. The summed E-state index contributed by atoms with van der Waals surface area (Å²) in [5, 5.41) is 17.3. The Kier molecular flexibility index (Phi) is 7.09. The number of carboxylic acids is 1. The molecule has 0 spiro atoms. The molecule has 0 aliphatic heterocycles. The van der Waals surface area contributed by atoms with Gasteiger partial charge in [-0.2, -0.15) is 13.2 Å². The summed E-state index contributed by atoms with van der Waals surface area (Å²) in [7, 11) is 0. The van der Waals surface area contributed by atoms with Gasteiger partial charge in [-0.3, -0.25) is 4.79 Å². The van der Waals surface area contributed by atoms with Gasteiger partial charge in [-0.15, -0.1) is 10.2 Å². The maximum absolute atomic E-state index is 13.9. The van der Waals surface area contributed by atoms with Crippen LogP contribution in [0, 0.1) is 0 Å². The molecule has 0 unspecified atom stereocenters. The fourth-order valence-corrected chi connectivity index (χ4v) is 4.45. The Labute approximate surface area is 209 Å². The Morgan fingerprint density at radius 3 is 2.25 bits per heavy atom. The normalized spacial score (nSPS) is 13.2. The minimum atomic E-state index is -4.66. The van der Waals surface area contributed by atoms with Crippen LogP contribution in [0.2, 0.25) is 0 Å². The number of ether oxygens (including phenoxy) is 1. The zero-order valence-electron chi connectivity index (χ0n) is 19.1. The second-order valence-electron chi connectivity index (χ2n) is 8.46. The molecule has 0 saturated carbocycles. The quantitative estimate of drug-likeness (QED) is 0.295. The van der Waals surface area contributed by atoms with Gasteiger partial charge in [0.2, 0.25) is 0 Å². The Bertz CT molecular complexity index is 1350. The maximum atomic E-state index is 13.9. The third-order valence-corrected chi connectivity index (χ3v) is 6.67. The molecule has 0 fully saturated rings. The molecule has 4 aromatic rings. The molecule has 0 amide bonds. The number of alkyl halides is 3. The first-order chi connectivity index (χ1) is 17.0. The van der Waals surface area contributed by atoms with Crippen LogP contribution in [0.3, 0.4) is 0 Å². The van der Waals surface area contributed by atoms with Crippen molar-refractivity contribution in [2.75, 3.05) is 0 Å². The third-order valence-electron chi connectivity index (χ3n) is 5.42. The summed E-state index contributed by atoms with van der Waals surface area (Å²) in [5.74, 6) is -1.43. The van der Waals surface area contributed by atoms with Crippen LogP contribution in [0.5, 0.6) is 5.75 Å². The molecule has 4 rings (SSSR count). The topological polar surface area (TPSA) is 98.3 Å². The highest BCUT2D eigenvalue weighted by molar-refractivity contribution is 7.14. The van der Waals surface area contributed by atoms with Crippen LogP contribution in [0.4, 0.5) is 13.2 Å². The zero-order chi connectivity index (χ0) is 25.9. The van der Waals surface area contributed by atoms with Gasteiger partial charge >= 0.3 is 12.1 Å². The van der Waals surface area contributed by atoms with Gasteiger partial charge < -0.3 is 15.6 Å². The number of hydrogen-bond acceptors (Lipinski definition) is 6. The number of halogens is 3. The van der Waals surface area contributed by atoms with Crippen molar-refractivity contribution in [2.45, 2.75) is 31.7 Å². The van der Waals surface area contributed by atoms with Crippen molar-refractivity contribution < 1.29 is 27.8 Å². The van der Waals surface area contributed by atoms with Crippen LogP contribution in [0.1, 0.15) is 29.5 Å². The number of carboxylic acid groups (broad SMARTS) is 1. The van der Waals surface area contributed by atoms with E-state index in [9.17, 15) is 18.0 Å². The van der Waals surface area contributed by atoms with Crippen LogP contribution >= 0.6 is 11.3 Å². The standard InChI is InChI=1S/C26H22F3N3O3S/c1-25(30,14-22(33)34)24-32-31-23(36-24)19-11-12-21(20(13-19)26(27,28)29)35-15-16-7-9-18(10-8-16)17-5-3-2-4-6-17/h2-13H,14-15,30H2,1H3,(H,33,34)/t25-/m0/s1. The average molecular weight is 514 g/mol. The predicted octanol–water partition coefficient (Wildman–Crippen LogP) is 6.12. The summed E-state index contributed by atoms with van der Waals surface area (Å²) >= 11 is 0.951. The summed E-state index contributed by atoms with van der Waals surface area (Å²) in [6.45, 7) is 1.44. The molecule has 10 heteroatoms. The molecular formula is C26H22F3N3O3S. The lowest BCUT2D eigenvalue weighted by molar-refractivity contribution is -0.139. The minimum absolute atomic E-state index is 0.0405. The highest BCUT2D eigenvalue weighted by Gasteiger charge is 2.35. The summed E-state index contributed by atoms with van der Waals surface area (Å²) < 4.78 is 47.1. The fraction of sp³-hybridized carbons (Fsp3) is 0.192.